The largest absolute Gasteiger partial charge is 0.486 e. The van der Waals surface area contributed by atoms with Gasteiger partial charge in [0.1, 0.15) is 19.3 Å². The van der Waals surface area contributed by atoms with Gasteiger partial charge in [0.25, 0.3) is 0 Å². The number of ether oxygens (including phenoxy) is 2. The third kappa shape index (κ3) is 4.71. The first-order valence-corrected chi connectivity index (χ1v) is 10.4. The number of fused-ring (bicyclic) bond motifs is 1. The molecule has 0 aromatic heterocycles. The smallest absolute Gasteiger partial charge is 0.240 e. The summed E-state index contributed by atoms with van der Waals surface area (Å²) in [4.78, 5) is 12.4. The van der Waals surface area contributed by atoms with E-state index in [9.17, 15) is 13.2 Å². The fourth-order valence-corrected chi connectivity index (χ4v) is 3.72. The maximum atomic E-state index is 12.4. The summed E-state index contributed by atoms with van der Waals surface area (Å²) >= 11 is 0. The maximum Gasteiger partial charge on any atom is 0.240 e. The van der Waals surface area contributed by atoms with E-state index >= 15 is 0 Å². The molecule has 1 atom stereocenters. The number of hydrogen-bond donors (Lipinski definition) is 1. The molecule has 8 heteroatoms. The second kappa shape index (κ2) is 7.87. The zero-order chi connectivity index (χ0) is 19.4. The first kappa shape index (κ1) is 19.0. The van der Waals surface area contributed by atoms with Crippen molar-refractivity contribution in [3.63, 3.8) is 0 Å². The van der Waals surface area contributed by atoms with E-state index < -0.39 is 15.9 Å². The number of amides is 1. The van der Waals surface area contributed by atoms with E-state index in [1.165, 1.54) is 0 Å². The van der Waals surface area contributed by atoms with E-state index in [4.69, 9.17) is 9.47 Å². The van der Waals surface area contributed by atoms with Crippen molar-refractivity contribution in [2.75, 3.05) is 30.3 Å². The third-order valence-corrected chi connectivity index (χ3v) is 5.29. The normalized spacial score (nSPS) is 15.9. The lowest BCUT2D eigenvalue weighted by Crippen LogP contribution is -2.45. The molecule has 0 spiro atoms. The third-order valence-electron chi connectivity index (χ3n) is 4.17. The zero-order valence-electron chi connectivity index (χ0n) is 15.2. The van der Waals surface area contributed by atoms with Gasteiger partial charge in [-0.3, -0.25) is 9.10 Å². The van der Waals surface area contributed by atoms with E-state index in [0.717, 1.165) is 16.1 Å². The predicted octanol–water partition coefficient (Wildman–Crippen LogP) is 1.72. The monoisotopic (exact) mass is 390 g/mol. The van der Waals surface area contributed by atoms with Crippen LogP contribution in [0.5, 0.6) is 11.5 Å². The number of nitrogens with zero attached hydrogens (tertiary/aromatic N) is 1. The first-order chi connectivity index (χ1) is 12.8. The second-order valence-electron chi connectivity index (χ2n) is 6.36. The molecule has 1 aliphatic heterocycles. The van der Waals surface area contributed by atoms with Gasteiger partial charge in [-0.15, -0.1) is 0 Å². The molecule has 1 aliphatic rings. The number of benzene rings is 2. The number of sulfonamides is 1. The van der Waals surface area contributed by atoms with Crippen LogP contribution in [0.1, 0.15) is 5.56 Å². The minimum Gasteiger partial charge on any atom is -0.486 e. The maximum absolute atomic E-state index is 12.4. The lowest BCUT2D eigenvalue weighted by Gasteiger charge is -2.27. The highest BCUT2D eigenvalue weighted by Gasteiger charge is 2.24. The summed E-state index contributed by atoms with van der Waals surface area (Å²) in [5.41, 5.74) is 1.26. The molecular weight excluding hydrogens is 368 g/mol. The topological polar surface area (TPSA) is 84.9 Å². The lowest BCUT2D eigenvalue weighted by molar-refractivity contribution is -0.120. The van der Waals surface area contributed by atoms with Crippen LogP contribution in [-0.4, -0.2) is 46.4 Å². The van der Waals surface area contributed by atoms with Crippen molar-refractivity contribution in [3.05, 3.63) is 54.1 Å². The summed E-state index contributed by atoms with van der Waals surface area (Å²) < 4.78 is 36.8. The summed E-state index contributed by atoms with van der Waals surface area (Å²) in [6, 6.07) is 14.4. The molecule has 0 fully saturated rings. The van der Waals surface area contributed by atoms with Gasteiger partial charge in [0.05, 0.1) is 18.5 Å². The highest BCUT2D eigenvalue weighted by Crippen LogP contribution is 2.30. The van der Waals surface area contributed by atoms with Crippen molar-refractivity contribution in [1.29, 1.82) is 0 Å². The molecule has 27 heavy (non-hydrogen) atoms. The Balaban J connectivity index is 1.62. The molecule has 2 aromatic carbocycles. The van der Waals surface area contributed by atoms with Gasteiger partial charge in [-0.1, -0.05) is 30.3 Å². The molecule has 0 saturated carbocycles. The molecule has 1 N–H and O–H groups in total. The van der Waals surface area contributed by atoms with Gasteiger partial charge >= 0.3 is 0 Å². The van der Waals surface area contributed by atoms with E-state index in [0.29, 0.717) is 23.8 Å². The van der Waals surface area contributed by atoms with Crippen molar-refractivity contribution in [3.8, 4) is 11.5 Å². The van der Waals surface area contributed by atoms with Crippen LogP contribution in [0.2, 0.25) is 0 Å². The molecule has 144 valence electrons. The number of anilines is 1. The number of nitrogens with one attached hydrogen (secondary N) is 1. The Morgan fingerprint density at radius 2 is 1.81 bits per heavy atom. The van der Waals surface area contributed by atoms with Gasteiger partial charge in [-0.25, -0.2) is 8.42 Å². The minimum absolute atomic E-state index is 0.221. The van der Waals surface area contributed by atoms with Gasteiger partial charge in [0.2, 0.25) is 15.9 Å². The Kier molecular flexibility index (Phi) is 5.55. The van der Waals surface area contributed by atoms with Crippen LogP contribution in [0.4, 0.5) is 5.69 Å². The summed E-state index contributed by atoms with van der Waals surface area (Å²) in [5.74, 6) is 0.884. The summed E-state index contributed by atoms with van der Waals surface area (Å²) in [6.45, 7) is 2.04. The molecule has 0 unspecified atom stereocenters. The van der Waals surface area contributed by atoms with Gasteiger partial charge < -0.3 is 14.8 Å². The van der Waals surface area contributed by atoms with Crippen LogP contribution in [0.15, 0.2) is 48.5 Å². The minimum atomic E-state index is -3.60. The molecule has 3 rings (SSSR count). The standard InChI is InChI=1S/C19H22N2O5S/c1-14-7-3-4-8-16(14)21(27(2,23)24)12-19(22)20-11-15-13-25-17-9-5-6-10-18(17)26-15/h3-10,15H,11-13H2,1-2H3,(H,20,22)/t15-/m0/s1. The number of rotatable bonds is 6. The molecule has 2 aromatic rings. The number of aryl methyl sites for hydroxylation is 1. The fraction of sp³-hybridized carbons (Fsp3) is 0.316. The zero-order valence-corrected chi connectivity index (χ0v) is 16.0. The van der Waals surface area contributed by atoms with Crippen LogP contribution in [0.25, 0.3) is 0 Å². The highest BCUT2D eigenvalue weighted by molar-refractivity contribution is 7.92. The summed E-state index contributed by atoms with van der Waals surface area (Å²) in [7, 11) is -3.60. The van der Waals surface area contributed by atoms with Crippen molar-refractivity contribution >= 4 is 21.6 Å². The van der Waals surface area contributed by atoms with Crippen molar-refractivity contribution < 1.29 is 22.7 Å². The highest BCUT2D eigenvalue weighted by atomic mass is 32.2. The van der Waals surface area contributed by atoms with Crippen molar-refractivity contribution in [2.24, 2.45) is 0 Å². The van der Waals surface area contributed by atoms with E-state index in [2.05, 4.69) is 5.32 Å². The number of carbonyl (C=O) groups is 1. The SMILES string of the molecule is Cc1ccccc1N(CC(=O)NC[C@H]1COc2ccccc2O1)S(C)(=O)=O. The Hall–Kier alpha value is -2.74. The Morgan fingerprint density at radius 1 is 1.15 bits per heavy atom. The second-order valence-corrected chi connectivity index (χ2v) is 8.26. The quantitative estimate of drug-likeness (QED) is 0.812. The molecule has 7 nitrogen and oxygen atoms in total. The Morgan fingerprint density at radius 3 is 2.52 bits per heavy atom. The lowest BCUT2D eigenvalue weighted by atomic mass is 10.2. The summed E-state index contributed by atoms with van der Waals surface area (Å²) in [6.07, 6.45) is 0.746. The molecule has 0 saturated heterocycles. The van der Waals surface area contributed by atoms with Gasteiger partial charge in [-0.05, 0) is 30.7 Å². The Labute approximate surface area is 158 Å². The van der Waals surface area contributed by atoms with E-state index in [-0.39, 0.29) is 19.2 Å². The van der Waals surface area contributed by atoms with Crippen LogP contribution < -0.4 is 19.1 Å². The van der Waals surface area contributed by atoms with E-state index in [1.807, 2.05) is 24.3 Å². The van der Waals surface area contributed by atoms with Crippen LogP contribution >= 0.6 is 0 Å². The summed E-state index contributed by atoms with van der Waals surface area (Å²) in [5, 5.41) is 2.72. The number of para-hydroxylation sites is 3. The Bertz CT molecular complexity index is 929. The van der Waals surface area contributed by atoms with Gasteiger partial charge in [0, 0.05) is 0 Å². The molecular formula is C19H22N2O5S. The van der Waals surface area contributed by atoms with Gasteiger partial charge in [0.15, 0.2) is 11.5 Å². The van der Waals surface area contributed by atoms with Crippen molar-refractivity contribution in [1.82, 2.24) is 5.32 Å². The average Bonchev–Trinajstić information content (AvgIpc) is 2.64. The first-order valence-electron chi connectivity index (χ1n) is 8.53. The van der Waals surface area contributed by atoms with Crippen molar-refractivity contribution in [2.45, 2.75) is 13.0 Å². The average molecular weight is 390 g/mol. The molecule has 0 radical (unpaired) electrons. The van der Waals surface area contributed by atoms with Gasteiger partial charge in [-0.2, -0.15) is 0 Å². The van der Waals surface area contributed by atoms with E-state index in [1.54, 1.807) is 31.2 Å². The number of carbonyl (C=O) groups excluding carboxylic acids is 1. The fourth-order valence-electron chi connectivity index (χ4n) is 2.80. The van der Waals surface area contributed by atoms with Crippen LogP contribution in [-0.2, 0) is 14.8 Å². The van der Waals surface area contributed by atoms with Crippen LogP contribution in [0.3, 0.4) is 0 Å². The molecule has 1 heterocycles. The number of hydrogen-bond acceptors (Lipinski definition) is 5. The molecule has 0 bridgehead atoms. The molecule has 1 amide bonds. The molecule has 0 aliphatic carbocycles. The predicted molar refractivity (Wildman–Crippen MR) is 103 cm³/mol. The van der Waals surface area contributed by atoms with Crippen LogP contribution in [0, 0.1) is 6.92 Å².